The van der Waals surface area contributed by atoms with Crippen LogP contribution < -0.4 is 14.8 Å². The molecule has 4 rings (SSSR count). The van der Waals surface area contributed by atoms with Crippen molar-refractivity contribution in [1.29, 1.82) is 0 Å². The van der Waals surface area contributed by atoms with E-state index >= 15 is 0 Å². The summed E-state index contributed by atoms with van der Waals surface area (Å²) < 4.78 is 25.5. The summed E-state index contributed by atoms with van der Waals surface area (Å²) in [6, 6.07) is 15.8. The molecule has 0 spiro atoms. The smallest absolute Gasteiger partial charge is 0.257 e. The number of ether oxygens (including phenoxy) is 2. The lowest BCUT2D eigenvalue weighted by atomic mass is 10.1. The molecular weight excluding hydrogens is 459 g/mol. The van der Waals surface area contributed by atoms with Crippen LogP contribution >= 0.6 is 11.3 Å². The van der Waals surface area contributed by atoms with Crippen molar-refractivity contribution >= 4 is 22.4 Å². The maximum absolute atomic E-state index is 13.9. The molecule has 0 aliphatic heterocycles. The molecule has 8 nitrogen and oxygen atoms in total. The van der Waals surface area contributed by atoms with Crippen molar-refractivity contribution in [3.8, 4) is 22.1 Å². The van der Waals surface area contributed by atoms with E-state index in [4.69, 9.17) is 9.47 Å². The highest BCUT2D eigenvalue weighted by Crippen LogP contribution is 2.34. The zero-order valence-corrected chi connectivity index (χ0v) is 19.0. The minimum absolute atomic E-state index is 0.0460. The standard InChI is InChI=1S/C24H21FN4O4S/c1-32-21-13-16(7-8-20(21)33-19(10-12-30)15-5-3-2-4-6-15)22(31)27-24-29-28-23(34-24)17-9-11-26-14-18(17)25/h2-9,11,13-14,19,30H,10,12H2,1H3,(H,27,29,31). The van der Waals surface area contributed by atoms with Crippen molar-refractivity contribution in [1.82, 2.24) is 15.2 Å². The van der Waals surface area contributed by atoms with Crippen LogP contribution in [0, 0.1) is 5.82 Å². The Morgan fingerprint density at radius 1 is 1.15 bits per heavy atom. The lowest BCUT2D eigenvalue weighted by Crippen LogP contribution is -2.13. The lowest BCUT2D eigenvalue weighted by Gasteiger charge is -2.20. The van der Waals surface area contributed by atoms with Gasteiger partial charge in [-0.3, -0.25) is 15.1 Å². The largest absolute Gasteiger partial charge is 0.493 e. The van der Waals surface area contributed by atoms with Gasteiger partial charge in [0.15, 0.2) is 22.3 Å². The number of methoxy groups -OCH3 is 1. The maximum atomic E-state index is 13.9. The highest BCUT2D eigenvalue weighted by atomic mass is 32.1. The zero-order valence-electron chi connectivity index (χ0n) is 18.1. The van der Waals surface area contributed by atoms with Crippen LogP contribution in [0.3, 0.4) is 0 Å². The van der Waals surface area contributed by atoms with Gasteiger partial charge in [0, 0.05) is 24.8 Å². The number of hydrogen-bond acceptors (Lipinski definition) is 8. The SMILES string of the molecule is COc1cc(C(=O)Nc2nnc(-c3ccncc3F)s2)ccc1OC(CCO)c1ccccc1. The number of pyridine rings is 1. The fourth-order valence-corrected chi connectivity index (χ4v) is 4.00. The van der Waals surface area contributed by atoms with Gasteiger partial charge in [0.2, 0.25) is 5.13 Å². The molecule has 0 aliphatic carbocycles. The van der Waals surface area contributed by atoms with E-state index in [1.54, 1.807) is 18.2 Å². The molecule has 34 heavy (non-hydrogen) atoms. The van der Waals surface area contributed by atoms with Crippen LogP contribution in [0.2, 0.25) is 0 Å². The second-order valence-corrected chi connectivity index (χ2v) is 8.09. The quantitative estimate of drug-likeness (QED) is 0.363. The van der Waals surface area contributed by atoms with Gasteiger partial charge in [-0.25, -0.2) is 4.39 Å². The highest BCUT2D eigenvalue weighted by Gasteiger charge is 2.18. The van der Waals surface area contributed by atoms with Gasteiger partial charge in [0.05, 0.1) is 18.9 Å². The van der Waals surface area contributed by atoms with Gasteiger partial charge in [0.25, 0.3) is 5.91 Å². The molecule has 2 aromatic carbocycles. The van der Waals surface area contributed by atoms with Gasteiger partial charge in [-0.15, -0.1) is 10.2 Å². The van der Waals surface area contributed by atoms with Crippen LogP contribution in [0.4, 0.5) is 9.52 Å². The summed E-state index contributed by atoms with van der Waals surface area (Å²) in [5.74, 6) is -0.152. The van der Waals surface area contributed by atoms with Crippen LogP contribution in [-0.2, 0) is 0 Å². The van der Waals surface area contributed by atoms with E-state index in [0.29, 0.717) is 28.5 Å². The number of aromatic nitrogens is 3. The van der Waals surface area contributed by atoms with E-state index in [2.05, 4.69) is 20.5 Å². The number of rotatable bonds is 9. The van der Waals surface area contributed by atoms with Gasteiger partial charge >= 0.3 is 0 Å². The minimum atomic E-state index is -0.521. The number of benzene rings is 2. The molecule has 0 aliphatic rings. The molecule has 4 aromatic rings. The number of nitrogens with zero attached hydrogens (tertiary/aromatic N) is 3. The molecule has 2 heterocycles. The Morgan fingerprint density at radius 3 is 2.71 bits per heavy atom. The van der Waals surface area contributed by atoms with Gasteiger partial charge in [-0.1, -0.05) is 41.7 Å². The van der Waals surface area contributed by atoms with E-state index in [1.165, 1.54) is 19.4 Å². The monoisotopic (exact) mass is 480 g/mol. The molecule has 2 N–H and O–H groups in total. The first-order chi connectivity index (χ1) is 16.6. The molecular formula is C24H21FN4O4S. The van der Waals surface area contributed by atoms with Crippen LogP contribution in [0.5, 0.6) is 11.5 Å². The van der Waals surface area contributed by atoms with Gasteiger partial charge in [-0.2, -0.15) is 0 Å². The van der Waals surface area contributed by atoms with Crippen LogP contribution in [0.1, 0.15) is 28.4 Å². The third-order valence-electron chi connectivity index (χ3n) is 4.91. The first-order valence-electron chi connectivity index (χ1n) is 10.3. The number of amides is 1. The molecule has 0 radical (unpaired) electrons. The van der Waals surface area contributed by atoms with E-state index in [-0.39, 0.29) is 23.4 Å². The normalized spacial score (nSPS) is 11.6. The minimum Gasteiger partial charge on any atom is -0.493 e. The van der Waals surface area contributed by atoms with Crippen molar-refractivity contribution in [2.45, 2.75) is 12.5 Å². The molecule has 174 valence electrons. The van der Waals surface area contributed by atoms with E-state index in [1.807, 2.05) is 30.3 Å². The number of anilines is 1. The van der Waals surface area contributed by atoms with Crippen LogP contribution in [0.15, 0.2) is 67.0 Å². The number of aliphatic hydroxyl groups is 1. The second-order valence-electron chi connectivity index (χ2n) is 7.12. The summed E-state index contributed by atoms with van der Waals surface area (Å²) in [6.07, 6.45) is 2.56. The Morgan fingerprint density at radius 2 is 1.97 bits per heavy atom. The fraction of sp³-hybridized carbons (Fsp3) is 0.167. The van der Waals surface area contributed by atoms with Crippen molar-refractivity contribution < 1.29 is 23.8 Å². The van der Waals surface area contributed by atoms with E-state index in [0.717, 1.165) is 23.1 Å². The van der Waals surface area contributed by atoms with Gasteiger partial charge in [0.1, 0.15) is 6.10 Å². The summed E-state index contributed by atoms with van der Waals surface area (Å²) in [6.45, 7) is -0.0460. The summed E-state index contributed by atoms with van der Waals surface area (Å²) in [5.41, 5.74) is 1.49. The molecule has 10 heteroatoms. The average Bonchev–Trinajstić information content (AvgIpc) is 3.32. The molecule has 1 unspecified atom stereocenters. The Balaban J connectivity index is 1.50. The van der Waals surface area contributed by atoms with Crippen molar-refractivity contribution in [3.63, 3.8) is 0 Å². The Kier molecular flexibility index (Phi) is 7.41. The summed E-state index contributed by atoms with van der Waals surface area (Å²) in [4.78, 5) is 16.5. The third kappa shape index (κ3) is 5.36. The van der Waals surface area contributed by atoms with E-state index in [9.17, 15) is 14.3 Å². The number of nitrogens with one attached hydrogen (secondary N) is 1. The third-order valence-corrected chi connectivity index (χ3v) is 5.78. The Bertz CT molecular complexity index is 1270. The topological polar surface area (TPSA) is 106 Å². The Hall–Kier alpha value is -3.89. The maximum Gasteiger partial charge on any atom is 0.257 e. The van der Waals surface area contributed by atoms with Crippen LogP contribution in [-0.4, -0.2) is 39.9 Å². The highest BCUT2D eigenvalue weighted by molar-refractivity contribution is 7.18. The first-order valence-corrected chi connectivity index (χ1v) is 11.2. The Labute approximate surface area is 199 Å². The van der Waals surface area contributed by atoms with Crippen LogP contribution in [0.25, 0.3) is 10.6 Å². The zero-order chi connectivity index (χ0) is 23.9. The number of hydrogen-bond donors (Lipinski definition) is 2. The lowest BCUT2D eigenvalue weighted by molar-refractivity contribution is 0.102. The van der Waals surface area contributed by atoms with Gasteiger partial charge in [-0.05, 0) is 29.8 Å². The number of halogens is 1. The van der Waals surface area contributed by atoms with E-state index < -0.39 is 11.7 Å². The predicted octanol–water partition coefficient (Wildman–Crippen LogP) is 4.50. The molecule has 0 fully saturated rings. The molecule has 1 amide bonds. The summed E-state index contributed by atoms with van der Waals surface area (Å²) in [7, 11) is 1.48. The first kappa shape index (κ1) is 23.3. The number of carbonyl (C=O) groups excluding carboxylic acids is 1. The number of aliphatic hydroxyl groups excluding tert-OH is 1. The molecule has 0 saturated carbocycles. The van der Waals surface area contributed by atoms with Gasteiger partial charge < -0.3 is 14.6 Å². The summed E-state index contributed by atoms with van der Waals surface area (Å²) >= 11 is 1.05. The van der Waals surface area contributed by atoms with Crippen molar-refractivity contribution in [2.24, 2.45) is 0 Å². The molecule has 1 atom stereocenters. The van der Waals surface area contributed by atoms with Crippen molar-refractivity contribution in [2.75, 3.05) is 19.0 Å². The number of carbonyl (C=O) groups is 1. The fourth-order valence-electron chi connectivity index (χ4n) is 3.24. The molecule has 0 saturated heterocycles. The summed E-state index contributed by atoms with van der Waals surface area (Å²) in [5, 5.41) is 20.5. The average molecular weight is 481 g/mol. The molecule has 2 aromatic heterocycles. The predicted molar refractivity (Wildman–Crippen MR) is 126 cm³/mol. The second kappa shape index (κ2) is 10.8. The van der Waals surface area contributed by atoms with Crippen molar-refractivity contribution in [3.05, 3.63) is 83.9 Å². The molecule has 0 bridgehead atoms.